The third-order valence-corrected chi connectivity index (χ3v) is 3.97. The van der Waals surface area contributed by atoms with Gasteiger partial charge in [0.25, 0.3) is 0 Å². The first kappa shape index (κ1) is 20.9. The van der Waals surface area contributed by atoms with Crippen molar-refractivity contribution in [2.75, 3.05) is 19.6 Å². The second-order valence-corrected chi connectivity index (χ2v) is 9.17. The van der Waals surface area contributed by atoms with Gasteiger partial charge in [0.05, 0.1) is 0 Å². The summed E-state index contributed by atoms with van der Waals surface area (Å²) in [7, 11) is 0. The highest BCUT2D eigenvalue weighted by Crippen LogP contribution is 2.20. The van der Waals surface area contributed by atoms with Crippen molar-refractivity contribution in [1.29, 1.82) is 0 Å². The fourth-order valence-corrected chi connectivity index (χ4v) is 2.78. The molecule has 1 atom stereocenters. The Balaban J connectivity index is 3.77. The van der Waals surface area contributed by atoms with Gasteiger partial charge in [-0.05, 0) is 76.4 Å². The van der Waals surface area contributed by atoms with Gasteiger partial charge in [-0.2, -0.15) is 0 Å². The Hall–Kier alpha value is -0.0800. The van der Waals surface area contributed by atoms with Crippen molar-refractivity contribution in [3.63, 3.8) is 0 Å². The largest absolute Gasteiger partial charge is 0.316 e. The summed E-state index contributed by atoms with van der Waals surface area (Å²) in [5.74, 6) is 1.55. The highest BCUT2D eigenvalue weighted by Gasteiger charge is 2.21. The molecule has 2 nitrogen and oxygen atoms in total. The second-order valence-electron chi connectivity index (χ2n) is 9.17. The standard InChI is InChI=1S/C19H42N2/c1-16(2)10-9-12-20-15-17(3)14-19(7,8)21-13-11-18(4,5)6/h16-17,20-21H,9-15H2,1-8H3. The molecule has 2 N–H and O–H groups in total. The summed E-state index contributed by atoms with van der Waals surface area (Å²) >= 11 is 0. The predicted molar refractivity (Wildman–Crippen MR) is 96.9 cm³/mol. The monoisotopic (exact) mass is 298 g/mol. The van der Waals surface area contributed by atoms with Crippen molar-refractivity contribution >= 4 is 0 Å². The van der Waals surface area contributed by atoms with E-state index < -0.39 is 0 Å². The topological polar surface area (TPSA) is 24.1 Å². The molecule has 0 saturated carbocycles. The minimum absolute atomic E-state index is 0.240. The smallest absolute Gasteiger partial charge is 0.0128 e. The predicted octanol–water partition coefficient (Wildman–Crippen LogP) is 4.84. The highest BCUT2D eigenvalue weighted by molar-refractivity contribution is 4.81. The molecule has 0 fully saturated rings. The minimum atomic E-state index is 0.240. The molecular weight excluding hydrogens is 256 g/mol. The molecule has 2 heteroatoms. The Morgan fingerprint density at radius 3 is 2.05 bits per heavy atom. The summed E-state index contributed by atoms with van der Waals surface area (Å²) in [4.78, 5) is 0. The molecule has 1 unspecified atom stereocenters. The van der Waals surface area contributed by atoms with Crippen molar-refractivity contribution < 1.29 is 0 Å². The zero-order valence-electron chi connectivity index (χ0n) is 16.1. The van der Waals surface area contributed by atoms with E-state index in [4.69, 9.17) is 0 Å². The van der Waals surface area contributed by atoms with Crippen LogP contribution < -0.4 is 10.6 Å². The van der Waals surface area contributed by atoms with Gasteiger partial charge in [-0.3, -0.25) is 0 Å². The van der Waals surface area contributed by atoms with Gasteiger partial charge in [-0.25, -0.2) is 0 Å². The first-order valence-corrected chi connectivity index (χ1v) is 8.97. The number of hydrogen-bond acceptors (Lipinski definition) is 2. The Morgan fingerprint density at radius 1 is 0.905 bits per heavy atom. The molecule has 0 aromatic rings. The van der Waals surface area contributed by atoms with Crippen molar-refractivity contribution in [2.45, 2.75) is 86.6 Å². The Kier molecular flexibility index (Phi) is 9.80. The zero-order valence-corrected chi connectivity index (χ0v) is 16.1. The molecule has 0 aliphatic heterocycles. The lowest BCUT2D eigenvalue weighted by Crippen LogP contribution is -2.43. The molecule has 21 heavy (non-hydrogen) atoms. The van der Waals surface area contributed by atoms with E-state index in [9.17, 15) is 0 Å². The van der Waals surface area contributed by atoms with Crippen LogP contribution in [0.5, 0.6) is 0 Å². The van der Waals surface area contributed by atoms with Gasteiger partial charge in [0, 0.05) is 5.54 Å². The number of hydrogen-bond donors (Lipinski definition) is 2. The molecule has 0 heterocycles. The highest BCUT2D eigenvalue weighted by atomic mass is 15.0. The van der Waals surface area contributed by atoms with Gasteiger partial charge < -0.3 is 10.6 Å². The van der Waals surface area contributed by atoms with Crippen molar-refractivity contribution in [2.24, 2.45) is 17.3 Å². The second kappa shape index (κ2) is 9.84. The van der Waals surface area contributed by atoms with Crippen LogP contribution in [0.2, 0.25) is 0 Å². The van der Waals surface area contributed by atoms with E-state index in [1.165, 1.54) is 32.2 Å². The van der Waals surface area contributed by atoms with E-state index >= 15 is 0 Å². The Labute approximate surface area is 134 Å². The van der Waals surface area contributed by atoms with Crippen LogP contribution in [0.3, 0.4) is 0 Å². The first-order chi connectivity index (χ1) is 9.52. The van der Waals surface area contributed by atoms with Crippen molar-refractivity contribution in [1.82, 2.24) is 10.6 Å². The van der Waals surface area contributed by atoms with Crippen molar-refractivity contribution in [3.05, 3.63) is 0 Å². The van der Waals surface area contributed by atoms with Gasteiger partial charge in [-0.15, -0.1) is 0 Å². The number of rotatable bonds is 11. The molecule has 0 aromatic carbocycles. The van der Waals surface area contributed by atoms with E-state index in [0.29, 0.717) is 5.41 Å². The maximum Gasteiger partial charge on any atom is 0.0128 e. The normalized spacial score (nSPS) is 14.7. The average Bonchev–Trinajstić information content (AvgIpc) is 2.24. The molecule has 128 valence electrons. The first-order valence-electron chi connectivity index (χ1n) is 8.97. The molecule has 0 radical (unpaired) electrons. The van der Waals surface area contributed by atoms with E-state index in [1.807, 2.05) is 0 Å². The average molecular weight is 299 g/mol. The maximum atomic E-state index is 3.74. The van der Waals surface area contributed by atoms with Gasteiger partial charge in [0.15, 0.2) is 0 Å². The van der Waals surface area contributed by atoms with Crippen LogP contribution >= 0.6 is 0 Å². The van der Waals surface area contributed by atoms with Gasteiger partial charge in [0.2, 0.25) is 0 Å². The summed E-state index contributed by atoms with van der Waals surface area (Å²) in [6, 6.07) is 0. The summed E-state index contributed by atoms with van der Waals surface area (Å²) in [5.41, 5.74) is 0.664. The molecule has 0 aliphatic rings. The van der Waals surface area contributed by atoms with Gasteiger partial charge in [0.1, 0.15) is 0 Å². The van der Waals surface area contributed by atoms with E-state index in [1.54, 1.807) is 0 Å². The Morgan fingerprint density at radius 2 is 1.52 bits per heavy atom. The van der Waals surface area contributed by atoms with Crippen LogP contribution in [-0.2, 0) is 0 Å². The van der Waals surface area contributed by atoms with Crippen LogP contribution in [0.25, 0.3) is 0 Å². The maximum absolute atomic E-state index is 3.74. The molecular formula is C19H42N2. The van der Waals surface area contributed by atoms with Crippen LogP contribution in [0.4, 0.5) is 0 Å². The summed E-state index contributed by atoms with van der Waals surface area (Å²) in [6.07, 6.45) is 5.10. The van der Waals surface area contributed by atoms with Crippen LogP contribution in [0, 0.1) is 17.3 Å². The molecule has 0 bridgehead atoms. The quantitative estimate of drug-likeness (QED) is 0.533. The lowest BCUT2D eigenvalue weighted by molar-refractivity contribution is 0.276. The molecule has 0 aromatic heterocycles. The molecule has 0 spiro atoms. The van der Waals surface area contributed by atoms with Crippen LogP contribution in [0.1, 0.15) is 81.1 Å². The van der Waals surface area contributed by atoms with Crippen LogP contribution in [-0.4, -0.2) is 25.2 Å². The molecule has 0 aliphatic carbocycles. The summed E-state index contributed by atoms with van der Waals surface area (Å²) in [6.45, 7) is 22.0. The number of nitrogens with one attached hydrogen (secondary N) is 2. The van der Waals surface area contributed by atoms with E-state index in [0.717, 1.165) is 24.9 Å². The molecule has 0 saturated heterocycles. The lowest BCUT2D eigenvalue weighted by Gasteiger charge is -2.31. The zero-order chi connectivity index (χ0) is 16.5. The van der Waals surface area contributed by atoms with Gasteiger partial charge >= 0.3 is 0 Å². The molecule has 0 rings (SSSR count). The summed E-state index contributed by atoms with van der Waals surface area (Å²) in [5, 5.41) is 7.35. The fourth-order valence-electron chi connectivity index (χ4n) is 2.78. The molecule has 0 amide bonds. The fraction of sp³-hybridized carbons (Fsp3) is 1.00. The van der Waals surface area contributed by atoms with Crippen molar-refractivity contribution in [3.8, 4) is 0 Å². The third-order valence-electron chi connectivity index (χ3n) is 3.97. The SMILES string of the molecule is CC(C)CCCNCC(C)CC(C)(C)NCCC(C)(C)C. The van der Waals surface area contributed by atoms with Crippen LogP contribution in [0.15, 0.2) is 0 Å². The minimum Gasteiger partial charge on any atom is -0.316 e. The lowest BCUT2D eigenvalue weighted by atomic mass is 9.89. The Bertz CT molecular complexity index is 251. The van der Waals surface area contributed by atoms with E-state index in [-0.39, 0.29) is 5.54 Å². The summed E-state index contributed by atoms with van der Waals surface area (Å²) < 4.78 is 0. The van der Waals surface area contributed by atoms with Gasteiger partial charge in [-0.1, -0.05) is 41.5 Å². The third kappa shape index (κ3) is 14.6. The van der Waals surface area contributed by atoms with E-state index in [2.05, 4.69) is 66.0 Å².